The van der Waals surface area contributed by atoms with Gasteiger partial charge in [-0.25, -0.2) is 18.6 Å². The lowest BCUT2D eigenvalue weighted by Crippen LogP contribution is -2.35. The largest absolute Gasteiger partial charge is 0.489 e. The van der Waals surface area contributed by atoms with Gasteiger partial charge in [0, 0.05) is 17.2 Å². The number of carboxylic acid groups (broad SMARTS) is 1. The van der Waals surface area contributed by atoms with Gasteiger partial charge in [0.1, 0.15) is 11.6 Å². The monoisotopic (exact) mass is 573 g/mol. The zero-order valence-corrected chi connectivity index (χ0v) is 21.1. The van der Waals surface area contributed by atoms with E-state index in [9.17, 15) is 32.3 Å². The molecule has 210 valence electrons. The maximum Gasteiger partial charge on any atom is 0.387 e. The predicted molar refractivity (Wildman–Crippen MR) is 131 cm³/mol. The number of hydrogen-bond acceptors (Lipinski definition) is 7. The molecule has 9 nitrogen and oxygen atoms in total. The lowest BCUT2D eigenvalue weighted by atomic mass is 10.1. The molecule has 1 saturated carbocycles. The van der Waals surface area contributed by atoms with Crippen molar-refractivity contribution in [1.82, 2.24) is 10.3 Å². The minimum Gasteiger partial charge on any atom is -0.489 e. The van der Waals surface area contributed by atoms with Crippen LogP contribution < -0.4 is 20.5 Å². The third kappa shape index (κ3) is 7.18. The van der Waals surface area contributed by atoms with Crippen molar-refractivity contribution in [3.05, 3.63) is 65.1 Å². The molecule has 39 heavy (non-hydrogen) atoms. The summed E-state index contributed by atoms with van der Waals surface area (Å²) in [5.41, 5.74) is 5.30. The SMILES string of the molecule is C[C@H](N)c1oc(-c2ccc(OC(F)F)c(OCC3CC3)c2)nc1C(=O)N[C@@H](C(=O)O)c1ccc(F)cc1F.Cl. The molecule has 0 bridgehead atoms. The molecule has 1 aromatic heterocycles. The number of halogens is 5. The number of alkyl halides is 2. The van der Waals surface area contributed by atoms with Gasteiger partial charge < -0.3 is 30.0 Å². The molecule has 0 aliphatic heterocycles. The van der Waals surface area contributed by atoms with Crippen LogP contribution in [0, 0.1) is 17.6 Å². The van der Waals surface area contributed by atoms with Crippen LogP contribution in [0.15, 0.2) is 40.8 Å². The van der Waals surface area contributed by atoms with Crippen LogP contribution >= 0.6 is 12.4 Å². The Hall–Kier alpha value is -3.84. The van der Waals surface area contributed by atoms with Crippen LogP contribution in [-0.4, -0.2) is 35.2 Å². The van der Waals surface area contributed by atoms with Crippen LogP contribution in [0.4, 0.5) is 17.6 Å². The van der Waals surface area contributed by atoms with E-state index in [0.717, 1.165) is 25.0 Å². The van der Waals surface area contributed by atoms with Crippen LogP contribution in [-0.2, 0) is 4.79 Å². The molecule has 3 aromatic rings. The van der Waals surface area contributed by atoms with E-state index in [2.05, 4.69) is 15.0 Å². The summed E-state index contributed by atoms with van der Waals surface area (Å²) in [6.45, 7) is -1.30. The van der Waals surface area contributed by atoms with Crippen LogP contribution in [0.2, 0.25) is 0 Å². The van der Waals surface area contributed by atoms with Crippen molar-refractivity contribution in [3.63, 3.8) is 0 Å². The normalized spacial score (nSPS) is 14.3. The van der Waals surface area contributed by atoms with Crippen molar-refractivity contribution in [3.8, 4) is 23.0 Å². The van der Waals surface area contributed by atoms with E-state index in [1.807, 2.05) is 0 Å². The molecule has 0 spiro atoms. The Morgan fingerprint density at radius 1 is 1.18 bits per heavy atom. The number of oxazole rings is 1. The van der Waals surface area contributed by atoms with Crippen molar-refractivity contribution in [2.75, 3.05) is 6.61 Å². The first-order valence-corrected chi connectivity index (χ1v) is 11.5. The van der Waals surface area contributed by atoms with Gasteiger partial charge in [-0.3, -0.25) is 4.79 Å². The highest BCUT2D eigenvalue weighted by Crippen LogP contribution is 2.37. The Bertz CT molecular complexity index is 1350. The van der Waals surface area contributed by atoms with E-state index < -0.39 is 47.8 Å². The van der Waals surface area contributed by atoms with Gasteiger partial charge in [0.15, 0.2) is 29.0 Å². The molecule has 4 N–H and O–H groups in total. The molecule has 2 atom stereocenters. The highest BCUT2D eigenvalue weighted by Gasteiger charge is 2.30. The molecule has 0 saturated heterocycles. The number of hydrogen-bond donors (Lipinski definition) is 3. The molecule has 2 aromatic carbocycles. The molecule has 14 heteroatoms. The lowest BCUT2D eigenvalue weighted by Gasteiger charge is -2.15. The molecule has 4 rings (SSSR count). The fourth-order valence-electron chi connectivity index (χ4n) is 3.57. The summed E-state index contributed by atoms with van der Waals surface area (Å²) in [6, 6.07) is 3.43. The first kappa shape index (κ1) is 29.7. The van der Waals surface area contributed by atoms with Crippen molar-refractivity contribution < 1.29 is 46.1 Å². The van der Waals surface area contributed by atoms with Gasteiger partial charge in [0.25, 0.3) is 5.91 Å². The zero-order valence-electron chi connectivity index (χ0n) is 20.3. The van der Waals surface area contributed by atoms with Crippen LogP contribution in [0.5, 0.6) is 11.5 Å². The van der Waals surface area contributed by atoms with Crippen molar-refractivity contribution >= 4 is 24.3 Å². The summed E-state index contributed by atoms with van der Waals surface area (Å²) < 4.78 is 69.0. The number of amides is 1. The second-order valence-electron chi connectivity index (χ2n) is 8.73. The van der Waals surface area contributed by atoms with Gasteiger partial charge in [-0.2, -0.15) is 8.78 Å². The Balaban J connectivity index is 0.00000420. The Labute approximate surface area is 225 Å². The average molecular weight is 574 g/mol. The quantitative estimate of drug-likeness (QED) is 0.272. The molecule has 1 amide bonds. The standard InChI is InChI=1S/C25H23F4N3O6.ClH/c1-11(30)21-20(22(33)31-19(24(34)35)15-6-5-14(26)9-16(15)27)32-23(38-21)13-4-7-17(37-25(28)29)18(8-13)36-10-12-2-3-12;/h4-9,11-12,19,25H,2-3,10,30H2,1H3,(H,31,33)(H,34,35);1H/t11-,19+;/m0./s1. The molecule has 0 unspecified atom stereocenters. The van der Waals surface area contributed by atoms with E-state index in [0.29, 0.717) is 18.6 Å². The van der Waals surface area contributed by atoms with Crippen molar-refractivity contribution in [2.24, 2.45) is 11.7 Å². The summed E-state index contributed by atoms with van der Waals surface area (Å²) in [4.78, 5) is 29.0. The van der Waals surface area contributed by atoms with E-state index in [4.69, 9.17) is 14.9 Å². The van der Waals surface area contributed by atoms with E-state index in [1.54, 1.807) is 0 Å². The van der Waals surface area contributed by atoms with Crippen LogP contribution in [0.3, 0.4) is 0 Å². The summed E-state index contributed by atoms with van der Waals surface area (Å²) >= 11 is 0. The predicted octanol–water partition coefficient (Wildman–Crippen LogP) is 5.01. The maximum atomic E-state index is 14.2. The lowest BCUT2D eigenvalue weighted by molar-refractivity contribution is -0.139. The second-order valence-corrected chi connectivity index (χ2v) is 8.73. The molecule has 0 radical (unpaired) electrons. The Morgan fingerprint density at radius 2 is 1.90 bits per heavy atom. The number of nitrogens with zero attached hydrogens (tertiary/aromatic N) is 1. The van der Waals surface area contributed by atoms with Crippen molar-refractivity contribution in [2.45, 2.75) is 38.5 Å². The van der Waals surface area contributed by atoms with E-state index in [-0.39, 0.29) is 46.8 Å². The zero-order chi connectivity index (χ0) is 27.6. The summed E-state index contributed by atoms with van der Waals surface area (Å²) in [5.74, 6) is -4.88. The number of carbonyl (C=O) groups excluding carboxylic acids is 1. The molecular formula is C25H24ClF4N3O6. The molecule has 1 aliphatic carbocycles. The first-order chi connectivity index (χ1) is 18.0. The van der Waals surface area contributed by atoms with E-state index in [1.165, 1.54) is 25.1 Å². The molecule has 1 heterocycles. The minimum atomic E-state index is -3.08. The Morgan fingerprint density at radius 3 is 2.49 bits per heavy atom. The van der Waals surface area contributed by atoms with Crippen molar-refractivity contribution in [1.29, 1.82) is 0 Å². The minimum absolute atomic E-state index is 0. The van der Waals surface area contributed by atoms with E-state index >= 15 is 0 Å². The number of nitrogens with one attached hydrogen (secondary N) is 1. The van der Waals surface area contributed by atoms with Gasteiger partial charge in [-0.15, -0.1) is 12.4 Å². The van der Waals surface area contributed by atoms with Gasteiger partial charge in [-0.05, 0) is 49.9 Å². The van der Waals surface area contributed by atoms with Gasteiger partial charge >= 0.3 is 12.6 Å². The number of aliphatic carboxylic acids is 1. The third-order valence-electron chi connectivity index (χ3n) is 5.66. The number of nitrogens with two attached hydrogens (primary N) is 1. The Kier molecular flexibility index (Phi) is 9.41. The van der Waals surface area contributed by atoms with Crippen LogP contribution in [0.25, 0.3) is 11.5 Å². The maximum absolute atomic E-state index is 14.2. The number of carboxylic acids is 1. The average Bonchev–Trinajstić information content (AvgIpc) is 3.56. The highest BCUT2D eigenvalue weighted by atomic mass is 35.5. The molecule has 1 aliphatic rings. The summed E-state index contributed by atoms with van der Waals surface area (Å²) in [7, 11) is 0. The molecule has 1 fully saturated rings. The smallest absolute Gasteiger partial charge is 0.387 e. The van der Waals surface area contributed by atoms with Gasteiger partial charge in [0.05, 0.1) is 12.6 Å². The topological polar surface area (TPSA) is 137 Å². The fraction of sp³-hybridized carbons (Fsp3) is 0.320. The second kappa shape index (κ2) is 12.3. The number of benzene rings is 2. The number of aromatic nitrogens is 1. The number of rotatable bonds is 11. The van der Waals surface area contributed by atoms with Gasteiger partial charge in [0.2, 0.25) is 5.89 Å². The highest BCUT2D eigenvalue weighted by molar-refractivity contribution is 5.96. The van der Waals surface area contributed by atoms with Crippen LogP contribution in [0.1, 0.15) is 53.7 Å². The number of ether oxygens (including phenoxy) is 2. The summed E-state index contributed by atoms with van der Waals surface area (Å²) in [5, 5.41) is 11.7. The summed E-state index contributed by atoms with van der Waals surface area (Å²) in [6.07, 6.45) is 1.92. The van der Waals surface area contributed by atoms with Gasteiger partial charge in [-0.1, -0.05) is 6.07 Å². The third-order valence-corrected chi connectivity index (χ3v) is 5.66. The fourth-order valence-corrected chi connectivity index (χ4v) is 3.57. The number of carbonyl (C=O) groups is 2. The molecular weight excluding hydrogens is 550 g/mol. The first-order valence-electron chi connectivity index (χ1n) is 11.5.